The number of aryl methyl sites for hydroxylation is 2. The third-order valence-corrected chi connectivity index (χ3v) is 5.60. The second-order valence-corrected chi connectivity index (χ2v) is 7.97. The molecule has 1 saturated heterocycles. The third kappa shape index (κ3) is 3.76. The molecule has 0 atom stereocenters. The van der Waals surface area contributed by atoms with Crippen LogP contribution in [-0.4, -0.2) is 41.3 Å². The largest absolute Gasteiger partial charge is 0.378 e. The van der Waals surface area contributed by atoms with Gasteiger partial charge in [-0.25, -0.2) is 9.97 Å². The van der Waals surface area contributed by atoms with E-state index in [1.165, 1.54) is 5.56 Å². The van der Waals surface area contributed by atoms with Crippen molar-refractivity contribution in [2.75, 3.05) is 31.2 Å². The fraction of sp³-hybridized carbons (Fsp3) is 0.240. The molecule has 1 fully saturated rings. The molecule has 4 aromatic rings. The number of H-pyrrole nitrogens is 1. The monoisotopic (exact) mass is 409 g/mol. The summed E-state index contributed by atoms with van der Waals surface area (Å²) >= 11 is 0. The number of ether oxygens (including phenoxy) is 1. The molecule has 0 amide bonds. The van der Waals surface area contributed by atoms with E-state index < -0.39 is 0 Å². The maximum absolute atomic E-state index is 9.95. The Kier molecular flexibility index (Phi) is 4.89. The lowest BCUT2D eigenvalue weighted by Crippen LogP contribution is -2.37. The van der Waals surface area contributed by atoms with Crippen LogP contribution in [-0.2, 0) is 4.74 Å². The standard InChI is InChI=1S/C25H23N5O/c1-16-3-5-21-18(11-16)13-19(25(29-21)30-7-9-31-10-8-30)14-20(15-26)24-27-22-6-4-17(2)12-23(22)28-24/h3-6,11-14H,7-10H2,1-2H3,(H,27,28)/b20-14-. The lowest BCUT2D eigenvalue weighted by Gasteiger charge is -2.29. The predicted molar refractivity (Wildman–Crippen MR) is 124 cm³/mol. The first kappa shape index (κ1) is 19.3. The van der Waals surface area contributed by atoms with Gasteiger partial charge in [-0.2, -0.15) is 5.26 Å². The van der Waals surface area contributed by atoms with Gasteiger partial charge in [-0.1, -0.05) is 17.7 Å². The number of pyridine rings is 1. The van der Waals surface area contributed by atoms with Crippen molar-refractivity contribution in [1.29, 1.82) is 5.26 Å². The Bertz CT molecular complexity index is 1360. The van der Waals surface area contributed by atoms with Crippen LogP contribution in [0.3, 0.4) is 0 Å². The molecule has 1 aliphatic rings. The topological polar surface area (TPSA) is 77.8 Å². The quantitative estimate of drug-likeness (QED) is 0.499. The predicted octanol–water partition coefficient (Wildman–Crippen LogP) is 4.63. The molecule has 0 radical (unpaired) electrons. The zero-order valence-electron chi connectivity index (χ0n) is 17.6. The van der Waals surface area contributed by atoms with Crippen LogP contribution in [0, 0.1) is 25.2 Å². The molecule has 0 saturated carbocycles. The minimum Gasteiger partial charge on any atom is -0.378 e. The van der Waals surface area contributed by atoms with Gasteiger partial charge in [0.2, 0.25) is 0 Å². The normalized spacial score (nSPS) is 14.9. The maximum Gasteiger partial charge on any atom is 0.149 e. The van der Waals surface area contributed by atoms with Gasteiger partial charge < -0.3 is 14.6 Å². The average molecular weight is 409 g/mol. The smallest absolute Gasteiger partial charge is 0.149 e. The molecule has 2 aromatic carbocycles. The fourth-order valence-electron chi connectivity index (χ4n) is 4.00. The number of imidazole rings is 1. The zero-order valence-corrected chi connectivity index (χ0v) is 17.6. The maximum atomic E-state index is 9.95. The van der Waals surface area contributed by atoms with Crippen LogP contribution in [0.1, 0.15) is 22.5 Å². The summed E-state index contributed by atoms with van der Waals surface area (Å²) in [4.78, 5) is 15.1. The van der Waals surface area contributed by atoms with Crippen molar-refractivity contribution in [2.45, 2.75) is 13.8 Å². The summed E-state index contributed by atoms with van der Waals surface area (Å²) in [6, 6.07) is 16.7. The van der Waals surface area contributed by atoms with Gasteiger partial charge in [0.1, 0.15) is 17.7 Å². The number of benzene rings is 2. The van der Waals surface area contributed by atoms with E-state index in [-0.39, 0.29) is 0 Å². The molecular weight excluding hydrogens is 386 g/mol. The average Bonchev–Trinajstić information content (AvgIpc) is 3.20. The van der Waals surface area contributed by atoms with E-state index in [2.05, 4.69) is 52.1 Å². The van der Waals surface area contributed by atoms with Crippen molar-refractivity contribution < 1.29 is 4.74 Å². The van der Waals surface area contributed by atoms with Crippen molar-refractivity contribution in [3.8, 4) is 6.07 Å². The summed E-state index contributed by atoms with van der Waals surface area (Å²) < 4.78 is 5.53. The number of allylic oxidation sites excluding steroid dienone is 1. The molecule has 0 spiro atoms. The Morgan fingerprint density at radius 3 is 2.55 bits per heavy atom. The highest BCUT2D eigenvalue weighted by Crippen LogP contribution is 2.29. The Balaban J connectivity index is 1.66. The first-order valence-corrected chi connectivity index (χ1v) is 10.4. The molecule has 2 aromatic heterocycles. The number of morpholine rings is 1. The van der Waals surface area contributed by atoms with E-state index in [0.717, 1.165) is 52.0 Å². The first-order chi connectivity index (χ1) is 15.1. The van der Waals surface area contributed by atoms with Crippen molar-refractivity contribution in [2.24, 2.45) is 0 Å². The van der Waals surface area contributed by atoms with E-state index in [0.29, 0.717) is 24.6 Å². The van der Waals surface area contributed by atoms with Crippen LogP contribution >= 0.6 is 0 Å². The van der Waals surface area contributed by atoms with Gasteiger partial charge in [0.15, 0.2) is 0 Å². The molecule has 5 rings (SSSR count). The van der Waals surface area contributed by atoms with Gasteiger partial charge in [-0.05, 0) is 55.8 Å². The molecule has 3 heterocycles. The summed E-state index contributed by atoms with van der Waals surface area (Å²) in [6.07, 6.45) is 1.89. The van der Waals surface area contributed by atoms with Gasteiger partial charge in [-0.15, -0.1) is 0 Å². The van der Waals surface area contributed by atoms with Crippen LogP contribution in [0.5, 0.6) is 0 Å². The number of anilines is 1. The minimum atomic E-state index is 0.483. The van der Waals surface area contributed by atoms with Crippen LogP contribution < -0.4 is 4.90 Å². The molecule has 6 heteroatoms. The zero-order chi connectivity index (χ0) is 21.4. The van der Waals surface area contributed by atoms with E-state index >= 15 is 0 Å². The third-order valence-electron chi connectivity index (χ3n) is 5.60. The summed E-state index contributed by atoms with van der Waals surface area (Å²) in [5.41, 5.74) is 6.44. The van der Waals surface area contributed by atoms with Gasteiger partial charge in [0.05, 0.1) is 35.3 Å². The van der Waals surface area contributed by atoms with Crippen LogP contribution in [0.4, 0.5) is 5.82 Å². The number of hydrogen-bond acceptors (Lipinski definition) is 5. The van der Waals surface area contributed by atoms with Crippen LogP contribution in [0.15, 0.2) is 42.5 Å². The molecule has 0 aliphatic carbocycles. The minimum absolute atomic E-state index is 0.483. The number of aromatic amines is 1. The molecule has 6 nitrogen and oxygen atoms in total. The molecular formula is C25H23N5O. The highest BCUT2D eigenvalue weighted by molar-refractivity contribution is 5.95. The summed E-state index contributed by atoms with van der Waals surface area (Å²) in [5.74, 6) is 1.44. The first-order valence-electron chi connectivity index (χ1n) is 10.4. The lowest BCUT2D eigenvalue weighted by molar-refractivity contribution is 0.122. The molecule has 0 bridgehead atoms. The number of nitrogens with zero attached hydrogens (tertiary/aromatic N) is 4. The highest BCUT2D eigenvalue weighted by atomic mass is 16.5. The summed E-state index contributed by atoms with van der Waals surface area (Å²) in [5, 5.41) is 11.0. The lowest BCUT2D eigenvalue weighted by atomic mass is 10.1. The second kappa shape index (κ2) is 7.86. The number of hydrogen-bond donors (Lipinski definition) is 1. The summed E-state index contributed by atoms with van der Waals surface area (Å²) in [6.45, 7) is 7.00. The molecule has 1 aliphatic heterocycles. The van der Waals surface area contributed by atoms with Crippen LogP contribution in [0.25, 0.3) is 33.6 Å². The highest BCUT2D eigenvalue weighted by Gasteiger charge is 2.18. The van der Waals surface area contributed by atoms with E-state index in [1.807, 2.05) is 31.2 Å². The number of nitriles is 1. The van der Waals surface area contributed by atoms with Gasteiger partial charge in [-0.3, -0.25) is 0 Å². The molecule has 31 heavy (non-hydrogen) atoms. The SMILES string of the molecule is Cc1ccc2nc(N3CCOCC3)c(/C=C(/C#N)c3nc4ccc(C)cc4[nH]3)cc2c1. The van der Waals surface area contributed by atoms with Crippen molar-refractivity contribution in [3.05, 3.63) is 65.0 Å². The number of fused-ring (bicyclic) bond motifs is 2. The van der Waals surface area contributed by atoms with Crippen LogP contribution in [0.2, 0.25) is 0 Å². The van der Waals surface area contributed by atoms with Crippen molar-refractivity contribution >= 4 is 39.4 Å². The van der Waals surface area contributed by atoms with Gasteiger partial charge in [0, 0.05) is 24.0 Å². The van der Waals surface area contributed by atoms with Gasteiger partial charge >= 0.3 is 0 Å². The van der Waals surface area contributed by atoms with Crippen molar-refractivity contribution in [1.82, 2.24) is 15.0 Å². The Labute approximate surface area is 180 Å². The molecule has 1 N–H and O–H groups in total. The Hall–Kier alpha value is -3.69. The Morgan fingerprint density at radius 2 is 1.77 bits per heavy atom. The molecule has 0 unspecified atom stereocenters. The van der Waals surface area contributed by atoms with E-state index in [9.17, 15) is 5.26 Å². The second-order valence-electron chi connectivity index (χ2n) is 7.97. The number of rotatable bonds is 3. The number of aromatic nitrogens is 3. The Morgan fingerprint density at radius 1 is 1.03 bits per heavy atom. The van der Waals surface area contributed by atoms with Crippen molar-refractivity contribution in [3.63, 3.8) is 0 Å². The van der Waals surface area contributed by atoms with Gasteiger partial charge in [0.25, 0.3) is 0 Å². The molecule has 154 valence electrons. The number of nitrogens with one attached hydrogen (secondary N) is 1. The van der Waals surface area contributed by atoms with E-state index in [1.54, 1.807) is 0 Å². The van der Waals surface area contributed by atoms with E-state index in [4.69, 9.17) is 9.72 Å². The fourth-order valence-corrected chi connectivity index (χ4v) is 4.00. The summed E-state index contributed by atoms with van der Waals surface area (Å²) in [7, 11) is 0.